The first-order valence-corrected chi connectivity index (χ1v) is 7.71. The molecule has 1 aliphatic rings. The van der Waals surface area contributed by atoms with Gasteiger partial charge in [0, 0.05) is 0 Å². The van der Waals surface area contributed by atoms with E-state index < -0.39 is 0 Å². The third kappa shape index (κ3) is 3.10. The van der Waals surface area contributed by atoms with Crippen LogP contribution in [0.5, 0.6) is 0 Å². The first-order chi connectivity index (χ1) is 8.74. The van der Waals surface area contributed by atoms with Crippen LogP contribution < -0.4 is 0 Å². The van der Waals surface area contributed by atoms with Gasteiger partial charge in [-0.05, 0) is 25.7 Å². The molecule has 0 aliphatic heterocycles. The van der Waals surface area contributed by atoms with Crippen LogP contribution in [0.4, 0.5) is 0 Å². The van der Waals surface area contributed by atoms with Crippen LogP contribution in [0.1, 0.15) is 59.9 Å². The minimum Gasteiger partial charge on any atom is -0.462 e. The Bertz CT molecular complexity index is 408. The van der Waals surface area contributed by atoms with Crippen molar-refractivity contribution in [3.8, 4) is 0 Å². The fraction of sp³-hybridized carbons (Fsp3) is 0.714. The summed E-state index contributed by atoms with van der Waals surface area (Å²) in [6.07, 6.45) is 7.04. The second kappa shape index (κ2) is 6.32. The third-order valence-corrected chi connectivity index (χ3v) is 4.68. The molecule has 0 N–H and O–H groups in total. The molecule has 1 saturated carbocycles. The topological polar surface area (TPSA) is 39.2 Å². The summed E-state index contributed by atoms with van der Waals surface area (Å²) in [6, 6.07) is 0. The maximum Gasteiger partial charge on any atom is 0.350 e. The van der Waals surface area contributed by atoms with E-state index in [2.05, 4.69) is 11.9 Å². The third-order valence-electron chi connectivity index (χ3n) is 3.46. The SMILES string of the molecule is CCOC(=O)c1sc(CC)nc1CC1CCCC1. The number of carbonyl (C=O) groups is 1. The van der Waals surface area contributed by atoms with Gasteiger partial charge in [0.15, 0.2) is 0 Å². The highest BCUT2D eigenvalue weighted by Gasteiger charge is 2.23. The normalized spacial score (nSPS) is 16.1. The summed E-state index contributed by atoms with van der Waals surface area (Å²) in [6.45, 7) is 4.35. The highest BCUT2D eigenvalue weighted by atomic mass is 32.1. The molecule has 0 atom stereocenters. The zero-order valence-electron chi connectivity index (χ0n) is 11.2. The molecule has 1 heterocycles. The molecule has 0 aromatic carbocycles. The molecular weight excluding hydrogens is 246 g/mol. The molecule has 2 rings (SSSR count). The van der Waals surface area contributed by atoms with Crippen LogP contribution in [0.2, 0.25) is 0 Å². The summed E-state index contributed by atoms with van der Waals surface area (Å²) in [7, 11) is 0. The van der Waals surface area contributed by atoms with Gasteiger partial charge in [0.2, 0.25) is 0 Å². The predicted molar refractivity (Wildman–Crippen MR) is 73.1 cm³/mol. The van der Waals surface area contributed by atoms with Gasteiger partial charge >= 0.3 is 5.97 Å². The molecule has 100 valence electrons. The van der Waals surface area contributed by atoms with Crippen LogP contribution in [0.15, 0.2) is 0 Å². The van der Waals surface area contributed by atoms with Crippen molar-refractivity contribution in [2.45, 2.75) is 52.4 Å². The smallest absolute Gasteiger partial charge is 0.350 e. The van der Waals surface area contributed by atoms with E-state index in [1.165, 1.54) is 37.0 Å². The monoisotopic (exact) mass is 267 g/mol. The van der Waals surface area contributed by atoms with Gasteiger partial charge in [-0.2, -0.15) is 0 Å². The summed E-state index contributed by atoms with van der Waals surface area (Å²) in [4.78, 5) is 17.3. The maximum absolute atomic E-state index is 11.9. The van der Waals surface area contributed by atoms with E-state index in [1.54, 1.807) is 0 Å². The van der Waals surface area contributed by atoms with E-state index in [4.69, 9.17) is 4.74 Å². The molecule has 4 heteroatoms. The van der Waals surface area contributed by atoms with E-state index in [-0.39, 0.29) is 5.97 Å². The second-order valence-electron chi connectivity index (χ2n) is 4.81. The van der Waals surface area contributed by atoms with Gasteiger partial charge in [0.1, 0.15) is 4.88 Å². The lowest BCUT2D eigenvalue weighted by Crippen LogP contribution is -2.08. The summed E-state index contributed by atoms with van der Waals surface area (Å²) in [5.74, 6) is 0.521. The zero-order chi connectivity index (χ0) is 13.0. The Kier molecular flexibility index (Phi) is 4.75. The molecule has 18 heavy (non-hydrogen) atoms. The van der Waals surface area contributed by atoms with Crippen LogP contribution in [0.25, 0.3) is 0 Å². The number of hydrogen-bond acceptors (Lipinski definition) is 4. The van der Waals surface area contributed by atoms with Gasteiger partial charge in [-0.15, -0.1) is 11.3 Å². The van der Waals surface area contributed by atoms with Crippen LogP contribution in [-0.4, -0.2) is 17.6 Å². The molecule has 0 saturated heterocycles. The Morgan fingerprint density at radius 1 is 1.39 bits per heavy atom. The van der Waals surface area contributed by atoms with Gasteiger partial charge in [0.25, 0.3) is 0 Å². The maximum atomic E-state index is 11.9. The van der Waals surface area contributed by atoms with Crippen LogP contribution in [-0.2, 0) is 17.6 Å². The average Bonchev–Trinajstić information content (AvgIpc) is 2.99. The van der Waals surface area contributed by atoms with E-state index in [0.29, 0.717) is 12.5 Å². The summed E-state index contributed by atoms with van der Waals surface area (Å²) >= 11 is 1.51. The Labute approximate surface area is 113 Å². The molecule has 0 bridgehead atoms. The lowest BCUT2D eigenvalue weighted by atomic mass is 10.0. The van der Waals surface area contributed by atoms with Crippen molar-refractivity contribution in [2.75, 3.05) is 6.61 Å². The average molecular weight is 267 g/mol. The molecule has 0 spiro atoms. The lowest BCUT2D eigenvalue weighted by molar-refractivity contribution is 0.0530. The molecule has 3 nitrogen and oxygen atoms in total. The highest BCUT2D eigenvalue weighted by Crippen LogP contribution is 2.30. The first kappa shape index (κ1) is 13.5. The largest absolute Gasteiger partial charge is 0.462 e. The lowest BCUT2D eigenvalue weighted by Gasteiger charge is -2.07. The van der Waals surface area contributed by atoms with Crippen molar-refractivity contribution in [3.63, 3.8) is 0 Å². The van der Waals surface area contributed by atoms with Crippen molar-refractivity contribution < 1.29 is 9.53 Å². The number of rotatable bonds is 5. The Hall–Kier alpha value is -0.900. The molecule has 1 aromatic rings. The van der Waals surface area contributed by atoms with Crippen molar-refractivity contribution in [1.29, 1.82) is 0 Å². The van der Waals surface area contributed by atoms with Gasteiger partial charge in [-0.3, -0.25) is 0 Å². The number of aromatic nitrogens is 1. The predicted octanol–water partition coefficient (Wildman–Crippen LogP) is 3.61. The molecule has 0 amide bonds. The van der Waals surface area contributed by atoms with Gasteiger partial charge < -0.3 is 4.74 Å². The number of carbonyl (C=O) groups excluding carboxylic acids is 1. The Morgan fingerprint density at radius 3 is 2.72 bits per heavy atom. The molecule has 1 aromatic heterocycles. The number of esters is 1. The van der Waals surface area contributed by atoms with Crippen LogP contribution in [0, 0.1) is 5.92 Å². The highest BCUT2D eigenvalue weighted by molar-refractivity contribution is 7.13. The minimum atomic E-state index is -0.192. The zero-order valence-corrected chi connectivity index (χ0v) is 12.0. The van der Waals surface area contributed by atoms with Crippen LogP contribution >= 0.6 is 11.3 Å². The molecule has 0 unspecified atom stereocenters. The van der Waals surface area contributed by atoms with Crippen LogP contribution in [0.3, 0.4) is 0 Å². The molecule has 0 radical (unpaired) electrons. The van der Waals surface area contributed by atoms with Gasteiger partial charge in [-0.25, -0.2) is 9.78 Å². The van der Waals surface area contributed by atoms with Crippen molar-refractivity contribution in [1.82, 2.24) is 4.98 Å². The van der Waals surface area contributed by atoms with Crippen molar-refractivity contribution >= 4 is 17.3 Å². The summed E-state index contributed by atoms with van der Waals surface area (Å²) in [5.41, 5.74) is 0.974. The number of thiazole rings is 1. The first-order valence-electron chi connectivity index (χ1n) is 6.90. The standard InChI is InChI=1S/C14H21NO2S/c1-3-12-15-11(9-10-7-5-6-8-10)13(18-12)14(16)17-4-2/h10H,3-9H2,1-2H3. The van der Waals surface area contributed by atoms with Gasteiger partial charge in [0.05, 0.1) is 17.3 Å². The van der Waals surface area contributed by atoms with Crippen molar-refractivity contribution in [2.24, 2.45) is 5.92 Å². The quantitative estimate of drug-likeness (QED) is 0.765. The number of hydrogen-bond donors (Lipinski definition) is 0. The summed E-state index contributed by atoms with van der Waals surface area (Å²) < 4.78 is 5.12. The molecule has 1 fully saturated rings. The van der Waals surface area contributed by atoms with E-state index in [9.17, 15) is 4.79 Å². The van der Waals surface area contributed by atoms with E-state index in [0.717, 1.165) is 28.4 Å². The number of aryl methyl sites for hydroxylation is 1. The van der Waals surface area contributed by atoms with Crippen molar-refractivity contribution in [3.05, 3.63) is 15.6 Å². The summed E-state index contributed by atoms with van der Waals surface area (Å²) in [5, 5.41) is 1.05. The minimum absolute atomic E-state index is 0.192. The Morgan fingerprint density at radius 2 is 2.11 bits per heavy atom. The molecular formula is C14H21NO2S. The fourth-order valence-corrected chi connectivity index (χ4v) is 3.46. The number of ether oxygens (including phenoxy) is 1. The second-order valence-corrected chi connectivity index (χ2v) is 5.90. The Balaban J connectivity index is 2.15. The molecule has 1 aliphatic carbocycles. The number of nitrogens with zero attached hydrogens (tertiary/aromatic N) is 1. The fourth-order valence-electron chi connectivity index (χ4n) is 2.53. The van der Waals surface area contributed by atoms with E-state index in [1.807, 2.05) is 6.92 Å². The van der Waals surface area contributed by atoms with Gasteiger partial charge in [-0.1, -0.05) is 32.6 Å². The van der Waals surface area contributed by atoms with E-state index >= 15 is 0 Å².